The zero-order chi connectivity index (χ0) is 8.43. The second-order valence-electron chi connectivity index (χ2n) is 2.78. The maximum absolute atomic E-state index is 9.27. The molecule has 1 aliphatic heterocycles. The van der Waals surface area contributed by atoms with Crippen LogP contribution in [0.1, 0.15) is 13.3 Å². The Morgan fingerprint density at radius 2 is 1.73 bits per heavy atom. The summed E-state index contributed by atoms with van der Waals surface area (Å²) in [6.45, 7) is 1.62. The summed E-state index contributed by atoms with van der Waals surface area (Å²) in [7, 11) is 0. The lowest BCUT2D eigenvalue weighted by molar-refractivity contribution is -0.0226. The molecule has 0 aromatic carbocycles. The maximum Gasteiger partial charge on any atom is 0.111 e. The molecule has 0 spiro atoms. The van der Waals surface area contributed by atoms with Gasteiger partial charge in [0, 0.05) is 0 Å². The van der Waals surface area contributed by atoms with Gasteiger partial charge in [0.05, 0.1) is 12.7 Å². The van der Waals surface area contributed by atoms with Crippen molar-refractivity contribution in [3.63, 3.8) is 0 Å². The summed E-state index contributed by atoms with van der Waals surface area (Å²) >= 11 is 0. The van der Waals surface area contributed by atoms with Crippen molar-refractivity contribution in [1.82, 2.24) is 0 Å². The maximum atomic E-state index is 9.27. The molecule has 0 aromatic rings. The Balaban J connectivity index is 2.53. The van der Waals surface area contributed by atoms with E-state index in [-0.39, 0.29) is 12.7 Å². The Labute approximate surface area is 65.4 Å². The monoisotopic (exact) mass is 162 g/mol. The smallest absolute Gasteiger partial charge is 0.111 e. The molecule has 4 heteroatoms. The van der Waals surface area contributed by atoms with Crippen molar-refractivity contribution in [3.8, 4) is 0 Å². The summed E-state index contributed by atoms with van der Waals surface area (Å²) in [6.07, 6.45) is -2.09. The van der Waals surface area contributed by atoms with Gasteiger partial charge in [0.1, 0.15) is 18.3 Å². The van der Waals surface area contributed by atoms with Crippen LogP contribution >= 0.6 is 0 Å². The van der Waals surface area contributed by atoms with E-state index in [0.29, 0.717) is 6.42 Å². The molecular formula is C7H14O4. The van der Waals surface area contributed by atoms with Crippen molar-refractivity contribution in [3.05, 3.63) is 0 Å². The van der Waals surface area contributed by atoms with Gasteiger partial charge in [-0.2, -0.15) is 0 Å². The minimum absolute atomic E-state index is 0.241. The number of hydrogen-bond acceptors (Lipinski definition) is 4. The lowest BCUT2D eigenvalue weighted by Gasteiger charge is -2.11. The van der Waals surface area contributed by atoms with E-state index in [0.717, 1.165) is 0 Å². The first-order chi connectivity index (χ1) is 5.20. The molecular weight excluding hydrogens is 148 g/mol. The van der Waals surface area contributed by atoms with Crippen LogP contribution in [0.2, 0.25) is 0 Å². The zero-order valence-electron chi connectivity index (χ0n) is 6.47. The normalized spacial score (nSPS) is 44.7. The molecule has 4 nitrogen and oxygen atoms in total. The molecule has 11 heavy (non-hydrogen) atoms. The first kappa shape index (κ1) is 8.93. The van der Waals surface area contributed by atoms with Gasteiger partial charge in [0.25, 0.3) is 0 Å². The minimum atomic E-state index is -0.940. The van der Waals surface area contributed by atoms with Crippen molar-refractivity contribution in [2.45, 2.75) is 37.8 Å². The van der Waals surface area contributed by atoms with Crippen LogP contribution in [0.3, 0.4) is 0 Å². The third-order valence-electron chi connectivity index (χ3n) is 2.04. The van der Waals surface area contributed by atoms with Gasteiger partial charge in [0.15, 0.2) is 0 Å². The summed E-state index contributed by atoms with van der Waals surface area (Å²) in [5, 5.41) is 27.2. The highest BCUT2D eigenvalue weighted by Crippen LogP contribution is 2.22. The average molecular weight is 162 g/mol. The molecule has 1 saturated heterocycles. The zero-order valence-corrected chi connectivity index (χ0v) is 6.47. The fourth-order valence-corrected chi connectivity index (χ4v) is 1.31. The molecule has 66 valence electrons. The van der Waals surface area contributed by atoms with Crippen molar-refractivity contribution in [2.75, 3.05) is 6.61 Å². The number of aliphatic hydroxyl groups is 3. The fraction of sp³-hybridized carbons (Fsp3) is 1.00. The number of ether oxygens (including phenoxy) is 1. The van der Waals surface area contributed by atoms with E-state index >= 15 is 0 Å². The van der Waals surface area contributed by atoms with Gasteiger partial charge >= 0.3 is 0 Å². The van der Waals surface area contributed by atoms with E-state index < -0.39 is 18.3 Å². The number of aliphatic hydroxyl groups excluding tert-OH is 3. The Bertz CT molecular complexity index is 110. The van der Waals surface area contributed by atoms with Crippen LogP contribution in [-0.2, 0) is 4.74 Å². The summed E-state index contributed by atoms with van der Waals surface area (Å²) < 4.78 is 5.13. The van der Waals surface area contributed by atoms with Crippen LogP contribution < -0.4 is 0 Å². The van der Waals surface area contributed by atoms with Crippen molar-refractivity contribution >= 4 is 0 Å². The summed E-state index contributed by atoms with van der Waals surface area (Å²) in [5.74, 6) is 0. The largest absolute Gasteiger partial charge is 0.394 e. The molecule has 0 unspecified atom stereocenters. The molecule has 0 aromatic heterocycles. The molecule has 0 bridgehead atoms. The van der Waals surface area contributed by atoms with E-state index in [2.05, 4.69) is 0 Å². The highest BCUT2D eigenvalue weighted by molar-refractivity contribution is 4.89. The van der Waals surface area contributed by atoms with Gasteiger partial charge in [-0.3, -0.25) is 0 Å². The highest BCUT2D eigenvalue weighted by atomic mass is 16.6. The van der Waals surface area contributed by atoms with Crippen LogP contribution in [0.5, 0.6) is 0 Å². The second kappa shape index (κ2) is 3.49. The van der Waals surface area contributed by atoms with Crippen LogP contribution in [0.4, 0.5) is 0 Å². The van der Waals surface area contributed by atoms with E-state index in [4.69, 9.17) is 9.84 Å². The predicted molar refractivity (Wildman–Crippen MR) is 38.1 cm³/mol. The van der Waals surface area contributed by atoms with Gasteiger partial charge < -0.3 is 20.1 Å². The Kier molecular flexibility index (Phi) is 2.84. The molecule has 1 fully saturated rings. The van der Waals surface area contributed by atoms with E-state index in [1.807, 2.05) is 6.92 Å². The lowest BCUT2D eigenvalue weighted by Crippen LogP contribution is -2.33. The lowest BCUT2D eigenvalue weighted by atomic mass is 10.1. The Morgan fingerprint density at radius 3 is 2.00 bits per heavy atom. The van der Waals surface area contributed by atoms with Gasteiger partial charge in [0.2, 0.25) is 0 Å². The van der Waals surface area contributed by atoms with Crippen LogP contribution in [0, 0.1) is 0 Å². The van der Waals surface area contributed by atoms with Crippen LogP contribution in [0.15, 0.2) is 0 Å². The van der Waals surface area contributed by atoms with Gasteiger partial charge in [-0.05, 0) is 6.42 Å². The summed E-state index contributed by atoms with van der Waals surface area (Å²) in [6, 6.07) is 0. The van der Waals surface area contributed by atoms with Gasteiger partial charge in [-0.15, -0.1) is 0 Å². The van der Waals surface area contributed by atoms with Crippen molar-refractivity contribution < 1.29 is 20.1 Å². The van der Waals surface area contributed by atoms with Gasteiger partial charge in [-0.25, -0.2) is 0 Å². The van der Waals surface area contributed by atoms with Gasteiger partial charge in [-0.1, -0.05) is 6.92 Å². The molecule has 1 aliphatic rings. The van der Waals surface area contributed by atoms with E-state index in [9.17, 15) is 10.2 Å². The minimum Gasteiger partial charge on any atom is -0.394 e. The predicted octanol–water partition coefficient (Wildman–Crippen LogP) is -1.12. The topological polar surface area (TPSA) is 69.9 Å². The molecule has 0 radical (unpaired) electrons. The first-order valence-electron chi connectivity index (χ1n) is 3.83. The van der Waals surface area contributed by atoms with Crippen LogP contribution in [0.25, 0.3) is 0 Å². The second-order valence-corrected chi connectivity index (χ2v) is 2.78. The quantitative estimate of drug-likeness (QED) is 0.481. The van der Waals surface area contributed by atoms with Crippen molar-refractivity contribution in [2.24, 2.45) is 0 Å². The van der Waals surface area contributed by atoms with Crippen LogP contribution in [-0.4, -0.2) is 46.3 Å². The molecule has 0 saturated carbocycles. The molecule has 0 aliphatic carbocycles. The molecule has 4 atom stereocenters. The van der Waals surface area contributed by atoms with Crippen molar-refractivity contribution in [1.29, 1.82) is 0 Å². The molecule has 0 amide bonds. The molecule has 1 rings (SSSR count). The summed E-state index contributed by atoms with van der Waals surface area (Å²) in [4.78, 5) is 0. The van der Waals surface area contributed by atoms with E-state index in [1.165, 1.54) is 0 Å². The average Bonchev–Trinajstić information content (AvgIpc) is 2.30. The Hall–Kier alpha value is -0.160. The number of rotatable bonds is 2. The standard InChI is InChI=1S/C7H14O4/c1-2-4-6(9)7(10)5(3-8)11-4/h4-10H,2-3H2,1H3/t4-,5-,6-,7-/m1/s1. The van der Waals surface area contributed by atoms with E-state index in [1.54, 1.807) is 0 Å². The highest BCUT2D eigenvalue weighted by Gasteiger charge is 2.40. The number of hydrogen-bond donors (Lipinski definition) is 3. The molecule has 3 N–H and O–H groups in total. The third-order valence-corrected chi connectivity index (χ3v) is 2.04. The SMILES string of the molecule is CC[C@H]1O[C@H](CO)[C@@H](O)[C@@H]1O. The third kappa shape index (κ3) is 1.54. The summed E-state index contributed by atoms with van der Waals surface area (Å²) in [5.41, 5.74) is 0. The Morgan fingerprint density at radius 1 is 1.18 bits per heavy atom. The fourth-order valence-electron chi connectivity index (χ4n) is 1.31. The molecule has 1 heterocycles. The first-order valence-corrected chi connectivity index (χ1v) is 3.83.